The number of ether oxygens (including phenoxy) is 1. The van der Waals surface area contributed by atoms with Crippen LogP contribution in [0, 0.1) is 5.92 Å². The SMILES string of the molecule is COC1CN(c2ccc(CC(C)N)cn2)CCC1C. The maximum atomic E-state index is 5.80. The van der Waals surface area contributed by atoms with E-state index in [-0.39, 0.29) is 6.04 Å². The van der Waals surface area contributed by atoms with E-state index < -0.39 is 0 Å². The molecule has 1 aliphatic rings. The molecule has 0 amide bonds. The van der Waals surface area contributed by atoms with E-state index in [9.17, 15) is 0 Å². The van der Waals surface area contributed by atoms with Crippen LogP contribution in [0.1, 0.15) is 25.8 Å². The van der Waals surface area contributed by atoms with Crippen molar-refractivity contribution in [1.82, 2.24) is 4.98 Å². The third kappa shape index (κ3) is 3.67. The molecule has 2 N–H and O–H groups in total. The van der Waals surface area contributed by atoms with Gasteiger partial charge >= 0.3 is 0 Å². The fourth-order valence-corrected chi connectivity index (χ4v) is 2.65. The molecule has 19 heavy (non-hydrogen) atoms. The quantitative estimate of drug-likeness (QED) is 0.900. The maximum Gasteiger partial charge on any atom is 0.128 e. The van der Waals surface area contributed by atoms with Crippen LogP contribution >= 0.6 is 0 Å². The molecule has 0 aromatic carbocycles. The van der Waals surface area contributed by atoms with Crippen LogP contribution in [0.5, 0.6) is 0 Å². The molecule has 1 saturated heterocycles. The molecule has 106 valence electrons. The molecule has 2 heterocycles. The van der Waals surface area contributed by atoms with Crippen LogP contribution in [-0.4, -0.2) is 37.3 Å². The smallest absolute Gasteiger partial charge is 0.128 e. The number of hydrogen-bond donors (Lipinski definition) is 1. The summed E-state index contributed by atoms with van der Waals surface area (Å²) in [7, 11) is 1.80. The monoisotopic (exact) mass is 263 g/mol. The summed E-state index contributed by atoms with van der Waals surface area (Å²) in [6.45, 7) is 6.26. The molecule has 0 saturated carbocycles. The van der Waals surface area contributed by atoms with E-state index in [0.717, 1.165) is 31.7 Å². The van der Waals surface area contributed by atoms with E-state index in [1.807, 2.05) is 13.1 Å². The lowest BCUT2D eigenvalue weighted by molar-refractivity contribution is 0.0496. The Bertz CT molecular complexity index is 391. The summed E-state index contributed by atoms with van der Waals surface area (Å²) in [5, 5.41) is 0. The van der Waals surface area contributed by atoms with Crippen LogP contribution in [0.15, 0.2) is 18.3 Å². The van der Waals surface area contributed by atoms with Gasteiger partial charge in [-0.3, -0.25) is 0 Å². The Balaban J connectivity index is 2.02. The van der Waals surface area contributed by atoms with Crippen LogP contribution in [0.3, 0.4) is 0 Å². The summed E-state index contributed by atoms with van der Waals surface area (Å²) in [5.74, 6) is 1.67. The highest BCUT2D eigenvalue weighted by molar-refractivity contribution is 5.40. The minimum Gasteiger partial charge on any atom is -0.379 e. The van der Waals surface area contributed by atoms with Crippen molar-refractivity contribution < 1.29 is 4.74 Å². The van der Waals surface area contributed by atoms with Gasteiger partial charge in [-0.2, -0.15) is 0 Å². The Morgan fingerprint density at radius 3 is 2.89 bits per heavy atom. The average Bonchev–Trinajstić information content (AvgIpc) is 2.40. The van der Waals surface area contributed by atoms with Gasteiger partial charge in [0.1, 0.15) is 5.82 Å². The van der Waals surface area contributed by atoms with Gasteiger partial charge in [0.05, 0.1) is 6.10 Å². The molecule has 1 aromatic rings. The summed E-state index contributed by atoms with van der Waals surface area (Å²) < 4.78 is 5.55. The lowest BCUT2D eigenvalue weighted by atomic mass is 9.96. The number of aromatic nitrogens is 1. The molecule has 0 radical (unpaired) electrons. The number of piperidine rings is 1. The van der Waals surface area contributed by atoms with Gasteiger partial charge in [0.2, 0.25) is 0 Å². The highest BCUT2D eigenvalue weighted by atomic mass is 16.5. The van der Waals surface area contributed by atoms with Crippen LogP contribution in [0.25, 0.3) is 0 Å². The van der Waals surface area contributed by atoms with Gasteiger partial charge in [-0.15, -0.1) is 0 Å². The number of hydrogen-bond acceptors (Lipinski definition) is 4. The zero-order valence-electron chi connectivity index (χ0n) is 12.2. The third-order valence-corrected chi connectivity index (χ3v) is 3.88. The number of rotatable bonds is 4. The van der Waals surface area contributed by atoms with Crippen molar-refractivity contribution in [2.24, 2.45) is 11.7 Å². The van der Waals surface area contributed by atoms with Crippen LogP contribution in [0.2, 0.25) is 0 Å². The molecule has 3 atom stereocenters. The minimum absolute atomic E-state index is 0.182. The number of pyridine rings is 1. The zero-order valence-corrected chi connectivity index (χ0v) is 12.2. The van der Waals surface area contributed by atoms with Crippen LogP contribution in [0.4, 0.5) is 5.82 Å². The maximum absolute atomic E-state index is 5.80. The normalized spacial score (nSPS) is 25.4. The van der Waals surface area contributed by atoms with Crippen molar-refractivity contribution >= 4 is 5.82 Å². The third-order valence-electron chi connectivity index (χ3n) is 3.88. The molecule has 2 rings (SSSR count). The number of nitrogens with two attached hydrogens (primary N) is 1. The van der Waals surface area contributed by atoms with E-state index >= 15 is 0 Å². The summed E-state index contributed by atoms with van der Waals surface area (Å²) in [6.07, 6.45) is 4.28. The second kappa shape index (κ2) is 6.35. The first-order valence-corrected chi connectivity index (χ1v) is 7.08. The summed E-state index contributed by atoms with van der Waals surface area (Å²) in [5.41, 5.74) is 7.00. The molecule has 0 bridgehead atoms. The Hall–Kier alpha value is -1.13. The molecular weight excluding hydrogens is 238 g/mol. The Morgan fingerprint density at radius 2 is 2.32 bits per heavy atom. The van der Waals surface area contributed by atoms with E-state index in [0.29, 0.717) is 12.0 Å². The van der Waals surface area contributed by atoms with Crippen molar-refractivity contribution in [3.63, 3.8) is 0 Å². The second-order valence-corrected chi connectivity index (χ2v) is 5.69. The van der Waals surface area contributed by atoms with Gasteiger partial charge < -0.3 is 15.4 Å². The first kappa shape index (κ1) is 14.3. The number of methoxy groups -OCH3 is 1. The van der Waals surface area contributed by atoms with E-state index in [4.69, 9.17) is 10.5 Å². The fraction of sp³-hybridized carbons (Fsp3) is 0.667. The Morgan fingerprint density at radius 1 is 1.53 bits per heavy atom. The van der Waals surface area contributed by atoms with E-state index in [2.05, 4.69) is 28.9 Å². The van der Waals surface area contributed by atoms with Gasteiger partial charge in [0.15, 0.2) is 0 Å². The standard InChI is InChI=1S/C15H25N3O/c1-11-6-7-18(10-14(11)19-3)15-5-4-13(9-17-15)8-12(2)16/h4-5,9,11-12,14H,6-8,10,16H2,1-3H3. The van der Waals surface area contributed by atoms with Gasteiger partial charge in [-0.25, -0.2) is 4.98 Å². The molecule has 0 aliphatic carbocycles. The largest absolute Gasteiger partial charge is 0.379 e. The molecule has 1 aromatic heterocycles. The Labute approximate surface area is 116 Å². The number of nitrogens with zero attached hydrogens (tertiary/aromatic N) is 2. The van der Waals surface area contributed by atoms with E-state index in [1.165, 1.54) is 5.56 Å². The van der Waals surface area contributed by atoms with E-state index in [1.54, 1.807) is 7.11 Å². The molecular formula is C15H25N3O. The predicted molar refractivity (Wildman–Crippen MR) is 78.4 cm³/mol. The highest BCUT2D eigenvalue weighted by Crippen LogP contribution is 2.23. The molecule has 0 spiro atoms. The average molecular weight is 263 g/mol. The fourth-order valence-electron chi connectivity index (χ4n) is 2.65. The highest BCUT2D eigenvalue weighted by Gasteiger charge is 2.26. The first-order chi connectivity index (χ1) is 9.10. The summed E-state index contributed by atoms with van der Waals surface area (Å²) >= 11 is 0. The van der Waals surface area contributed by atoms with Gasteiger partial charge in [0, 0.05) is 32.4 Å². The molecule has 1 fully saturated rings. The predicted octanol–water partition coefficient (Wildman–Crippen LogP) is 1.83. The van der Waals surface area contributed by atoms with Gasteiger partial charge in [-0.05, 0) is 37.3 Å². The molecule has 3 unspecified atom stereocenters. The second-order valence-electron chi connectivity index (χ2n) is 5.69. The molecule has 4 heteroatoms. The minimum atomic E-state index is 0.182. The summed E-state index contributed by atoms with van der Waals surface area (Å²) in [6, 6.07) is 4.41. The van der Waals surface area contributed by atoms with Crippen molar-refractivity contribution in [1.29, 1.82) is 0 Å². The lowest BCUT2D eigenvalue weighted by Crippen LogP contribution is -2.44. The lowest BCUT2D eigenvalue weighted by Gasteiger charge is -2.36. The summed E-state index contributed by atoms with van der Waals surface area (Å²) in [4.78, 5) is 6.87. The Kier molecular flexibility index (Phi) is 4.77. The zero-order chi connectivity index (χ0) is 13.8. The van der Waals surface area contributed by atoms with Crippen molar-refractivity contribution in [3.8, 4) is 0 Å². The molecule has 4 nitrogen and oxygen atoms in total. The van der Waals surface area contributed by atoms with Gasteiger partial charge in [-0.1, -0.05) is 13.0 Å². The van der Waals surface area contributed by atoms with Crippen molar-refractivity contribution in [3.05, 3.63) is 23.9 Å². The van der Waals surface area contributed by atoms with Crippen LogP contribution < -0.4 is 10.6 Å². The topological polar surface area (TPSA) is 51.4 Å². The van der Waals surface area contributed by atoms with Crippen molar-refractivity contribution in [2.45, 2.75) is 38.8 Å². The van der Waals surface area contributed by atoms with Crippen LogP contribution in [-0.2, 0) is 11.2 Å². The molecule has 1 aliphatic heterocycles. The number of anilines is 1. The first-order valence-electron chi connectivity index (χ1n) is 7.08. The van der Waals surface area contributed by atoms with Gasteiger partial charge in [0.25, 0.3) is 0 Å². The van der Waals surface area contributed by atoms with Crippen molar-refractivity contribution in [2.75, 3.05) is 25.1 Å².